The van der Waals surface area contributed by atoms with Gasteiger partial charge >= 0.3 is 0 Å². The van der Waals surface area contributed by atoms with Gasteiger partial charge in [0.15, 0.2) is 11.0 Å². The highest BCUT2D eigenvalue weighted by molar-refractivity contribution is 9.10. The quantitative estimate of drug-likeness (QED) is 0.307. The van der Waals surface area contributed by atoms with E-state index in [1.165, 1.54) is 11.8 Å². The summed E-state index contributed by atoms with van der Waals surface area (Å²) >= 11 is 4.76. The number of thioether (sulfide) groups is 1. The Morgan fingerprint density at radius 1 is 1.12 bits per heavy atom. The first-order chi connectivity index (χ1) is 15.8. The predicted octanol–water partition coefficient (Wildman–Crippen LogP) is 4.81. The summed E-state index contributed by atoms with van der Waals surface area (Å²) in [6.07, 6.45) is 1.73. The number of carbonyl (C=O) groups is 2. The van der Waals surface area contributed by atoms with Gasteiger partial charge in [-0.3, -0.25) is 9.59 Å². The van der Waals surface area contributed by atoms with Crippen LogP contribution >= 0.6 is 27.7 Å². The number of aryl methyl sites for hydroxylation is 3. The number of hydrogen-bond donors (Lipinski definition) is 2. The number of rotatable bonds is 9. The van der Waals surface area contributed by atoms with Crippen molar-refractivity contribution >= 4 is 45.2 Å². The number of amides is 2. The third-order valence-electron chi connectivity index (χ3n) is 4.92. The van der Waals surface area contributed by atoms with Gasteiger partial charge in [0.1, 0.15) is 0 Å². The largest absolute Gasteiger partial charge is 0.345 e. The topological polar surface area (TPSA) is 88.9 Å². The Bertz CT molecular complexity index is 1150. The number of anilines is 1. The van der Waals surface area contributed by atoms with E-state index in [4.69, 9.17) is 0 Å². The van der Waals surface area contributed by atoms with Gasteiger partial charge in [0.25, 0.3) is 5.91 Å². The number of aromatic nitrogens is 3. The smallest absolute Gasteiger partial charge is 0.251 e. The molecule has 0 atom stereocenters. The number of hydrogen-bond acceptors (Lipinski definition) is 5. The Hall–Kier alpha value is -2.91. The molecule has 0 saturated heterocycles. The van der Waals surface area contributed by atoms with Gasteiger partial charge in [-0.2, -0.15) is 0 Å². The van der Waals surface area contributed by atoms with Crippen LogP contribution in [0.5, 0.6) is 0 Å². The van der Waals surface area contributed by atoms with Crippen molar-refractivity contribution in [1.29, 1.82) is 0 Å². The summed E-state index contributed by atoms with van der Waals surface area (Å²) in [5.74, 6) is 0.464. The number of benzene rings is 2. The van der Waals surface area contributed by atoms with Crippen molar-refractivity contribution in [3.63, 3.8) is 0 Å². The molecule has 1 aromatic heterocycles. The van der Waals surface area contributed by atoms with Crippen LogP contribution in [0.3, 0.4) is 0 Å². The maximum Gasteiger partial charge on any atom is 0.251 e. The lowest BCUT2D eigenvalue weighted by atomic mass is 10.1. The Kier molecular flexibility index (Phi) is 8.46. The lowest BCUT2D eigenvalue weighted by molar-refractivity contribution is -0.113. The predicted molar refractivity (Wildman–Crippen MR) is 136 cm³/mol. The molecule has 7 nitrogen and oxygen atoms in total. The first-order valence-electron chi connectivity index (χ1n) is 10.4. The molecule has 3 rings (SSSR count). The summed E-state index contributed by atoms with van der Waals surface area (Å²) in [6.45, 7) is 10.4. The molecule has 0 radical (unpaired) electrons. The van der Waals surface area contributed by atoms with Gasteiger partial charge in [0.2, 0.25) is 5.91 Å². The van der Waals surface area contributed by atoms with Crippen LogP contribution in [-0.4, -0.2) is 32.3 Å². The van der Waals surface area contributed by atoms with Gasteiger partial charge in [-0.1, -0.05) is 51.5 Å². The second kappa shape index (κ2) is 11.3. The van der Waals surface area contributed by atoms with Gasteiger partial charge in [0, 0.05) is 22.3 Å². The molecular weight excluding hydrogens is 502 g/mol. The van der Waals surface area contributed by atoms with Gasteiger partial charge in [0.05, 0.1) is 12.3 Å². The zero-order chi connectivity index (χ0) is 24.0. The van der Waals surface area contributed by atoms with E-state index in [0.717, 1.165) is 26.9 Å². The zero-order valence-electron chi connectivity index (χ0n) is 18.8. The maximum atomic E-state index is 12.6. The summed E-state index contributed by atoms with van der Waals surface area (Å²) in [5.41, 5.74) is 4.47. The molecule has 0 spiro atoms. The average molecular weight is 528 g/mol. The first kappa shape index (κ1) is 24.7. The molecule has 0 unspecified atom stereocenters. The molecule has 3 aromatic rings. The summed E-state index contributed by atoms with van der Waals surface area (Å²) in [5, 5.41) is 14.9. The standard InChI is InChI=1S/C24H26BrN5O2S/c1-5-10-30-20(13-26-23(32)18-8-6-15(2)7-9-18)28-29-24(30)33-14-21(31)27-22-16(3)11-19(25)12-17(22)4/h5-9,11-12H,1,10,13-14H2,2-4H3,(H,26,32)(H,27,31). The monoisotopic (exact) mass is 527 g/mol. The summed E-state index contributed by atoms with van der Waals surface area (Å²) in [6, 6.07) is 11.3. The molecular formula is C24H26BrN5O2S. The third-order valence-corrected chi connectivity index (χ3v) is 6.34. The van der Waals surface area contributed by atoms with E-state index in [1.54, 1.807) is 18.2 Å². The number of allylic oxidation sites excluding steroid dienone is 1. The van der Waals surface area contributed by atoms with E-state index in [1.807, 2.05) is 49.6 Å². The first-order valence-corrected chi connectivity index (χ1v) is 12.1. The molecule has 9 heteroatoms. The van der Waals surface area contributed by atoms with Gasteiger partial charge in [-0.15, -0.1) is 16.8 Å². The SMILES string of the molecule is C=CCn1c(CNC(=O)c2ccc(C)cc2)nnc1SCC(=O)Nc1c(C)cc(Br)cc1C. The van der Waals surface area contributed by atoms with E-state index in [2.05, 4.69) is 43.3 Å². The fraction of sp³-hybridized carbons (Fsp3) is 0.250. The van der Waals surface area contributed by atoms with Crippen molar-refractivity contribution in [2.75, 3.05) is 11.1 Å². The lowest BCUT2D eigenvalue weighted by Crippen LogP contribution is -2.24. The van der Waals surface area contributed by atoms with Crippen LogP contribution in [0, 0.1) is 20.8 Å². The van der Waals surface area contributed by atoms with Crippen LogP contribution in [0.4, 0.5) is 5.69 Å². The van der Waals surface area contributed by atoms with Crippen molar-refractivity contribution in [3.8, 4) is 0 Å². The van der Waals surface area contributed by atoms with Crippen molar-refractivity contribution < 1.29 is 9.59 Å². The molecule has 172 valence electrons. The molecule has 1 heterocycles. The zero-order valence-corrected chi connectivity index (χ0v) is 21.2. The fourth-order valence-corrected chi connectivity index (χ4v) is 4.70. The van der Waals surface area contributed by atoms with Crippen LogP contribution < -0.4 is 10.6 Å². The van der Waals surface area contributed by atoms with Gasteiger partial charge < -0.3 is 15.2 Å². The van der Waals surface area contributed by atoms with Crippen LogP contribution in [0.25, 0.3) is 0 Å². The number of carbonyl (C=O) groups excluding carboxylic acids is 2. The van der Waals surface area contributed by atoms with Crippen molar-refractivity contribution in [3.05, 3.63) is 81.6 Å². The van der Waals surface area contributed by atoms with Crippen LogP contribution in [0.1, 0.15) is 32.9 Å². The van der Waals surface area contributed by atoms with Gasteiger partial charge in [-0.25, -0.2) is 0 Å². The number of nitrogens with one attached hydrogen (secondary N) is 2. The molecule has 2 N–H and O–H groups in total. The Balaban J connectivity index is 1.63. The van der Waals surface area contributed by atoms with Crippen molar-refractivity contribution in [2.45, 2.75) is 39.0 Å². The van der Waals surface area contributed by atoms with Crippen LogP contribution in [0.2, 0.25) is 0 Å². The number of nitrogens with zero attached hydrogens (tertiary/aromatic N) is 3. The van der Waals surface area contributed by atoms with E-state index < -0.39 is 0 Å². The minimum absolute atomic E-state index is 0.129. The van der Waals surface area contributed by atoms with Crippen molar-refractivity contribution in [2.24, 2.45) is 0 Å². The number of halogens is 1. The summed E-state index contributed by atoms with van der Waals surface area (Å²) in [7, 11) is 0. The maximum absolute atomic E-state index is 12.6. The minimum Gasteiger partial charge on any atom is -0.345 e. The molecule has 0 aliphatic rings. The van der Waals surface area contributed by atoms with Crippen molar-refractivity contribution in [1.82, 2.24) is 20.1 Å². The molecule has 2 amide bonds. The molecule has 0 saturated carbocycles. The fourth-order valence-electron chi connectivity index (χ4n) is 3.25. The molecule has 2 aromatic carbocycles. The Labute approximate surface area is 206 Å². The minimum atomic E-state index is -0.183. The highest BCUT2D eigenvalue weighted by atomic mass is 79.9. The average Bonchev–Trinajstić information content (AvgIpc) is 3.15. The van der Waals surface area contributed by atoms with E-state index in [0.29, 0.717) is 23.1 Å². The molecule has 0 aliphatic carbocycles. The van der Waals surface area contributed by atoms with E-state index in [-0.39, 0.29) is 24.1 Å². The second-order valence-electron chi connectivity index (χ2n) is 7.60. The molecule has 33 heavy (non-hydrogen) atoms. The van der Waals surface area contributed by atoms with Crippen LogP contribution in [-0.2, 0) is 17.9 Å². The highest BCUT2D eigenvalue weighted by Crippen LogP contribution is 2.26. The van der Waals surface area contributed by atoms with E-state index >= 15 is 0 Å². The Morgan fingerprint density at radius 2 is 1.79 bits per heavy atom. The lowest BCUT2D eigenvalue weighted by Gasteiger charge is -2.12. The highest BCUT2D eigenvalue weighted by Gasteiger charge is 2.16. The Morgan fingerprint density at radius 3 is 2.42 bits per heavy atom. The summed E-state index contributed by atoms with van der Waals surface area (Å²) in [4.78, 5) is 25.0. The van der Waals surface area contributed by atoms with Crippen LogP contribution in [0.15, 0.2) is 58.7 Å². The molecule has 0 fully saturated rings. The normalized spacial score (nSPS) is 10.7. The molecule has 0 aliphatic heterocycles. The van der Waals surface area contributed by atoms with Gasteiger partial charge in [-0.05, 0) is 56.2 Å². The summed E-state index contributed by atoms with van der Waals surface area (Å²) < 4.78 is 2.82. The molecule has 0 bridgehead atoms. The van der Waals surface area contributed by atoms with E-state index in [9.17, 15) is 9.59 Å². The third kappa shape index (κ3) is 6.55. The second-order valence-corrected chi connectivity index (χ2v) is 9.46.